The van der Waals surface area contributed by atoms with Crippen LogP contribution >= 0.6 is 0 Å². The van der Waals surface area contributed by atoms with Crippen LogP contribution in [0.15, 0.2) is 41.8 Å². The summed E-state index contributed by atoms with van der Waals surface area (Å²) in [4.78, 5) is 22.9. The van der Waals surface area contributed by atoms with Crippen LogP contribution in [0.3, 0.4) is 0 Å². The number of amides is 1. The van der Waals surface area contributed by atoms with Crippen LogP contribution in [0.2, 0.25) is 0 Å². The molecule has 0 aliphatic carbocycles. The molecule has 0 aromatic heterocycles. The number of sulfonamides is 1. The zero-order chi connectivity index (χ0) is 18.4. The Morgan fingerprint density at radius 3 is 2.58 bits per heavy atom. The van der Waals surface area contributed by atoms with Gasteiger partial charge < -0.3 is 10.4 Å². The molecular weight excluding hydrogens is 332 g/mol. The molecule has 24 heavy (non-hydrogen) atoms. The number of carbonyl (C=O) groups excluding carboxylic acids is 1. The third kappa shape index (κ3) is 6.13. The van der Waals surface area contributed by atoms with Gasteiger partial charge in [0.05, 0.1) is 4.90 Å². The molecule has 0 aliphatic heterocycles. The number of hydrogen-bond donors (Lipinski definition) is 3. The summed E-state index contributed by atoms with van der Waals surface area (Å²) in [6.45, 7) is 6.94. The molecule has 0 fully saturated rings. The molecule has 0 radical (unpaired) electrons. The van der Waals surface area contributed by atoms with Gasteiger partial charge in [0.1, 0.15) is 0 Å². The maximum atomic E-state index is 12.3. The molecule has 0 bridgehead atoms. The Balaban J connectivity index is 2.91. The van der Waals surface area contributed by atoms with Crippen LogP contribution in [0.4, 0.5) is 0 Å². The van der Waals surface area contributed by atoms with E-state index < -0.39 is 27.4 Å². The predicted molar refractivity (Wildman–Crippen MR) is 90.2 cm³/mol. The third-order valence-corrected chi connectivity index (χ3v) is 4.66. The molecule has 0 saturated carbocycles. The lowest BCUT2D eigenvalue weighted by molar-refractivity contribution is -0.137. The van der Waals surface area contributed by atoms with Crippen molar-refractivity contribution in [3.8, 4) is 0 Å². The van der Waals surface area contributed by atoms with Gasteiger partial charge in [-0.2, -0.15) is 0 Å². The van der Waals surface area contributed by atoms with Crippen molar-refractivity contribution < 1.29 is 23.1 Å². The van der Waals surface area contributed by atoms with E-state index in [0.717, 1.165) is 0 Å². The number of benzene rings is 1. The Kier molecular flexibility index (Phi) is 6.68. The second kappa shape index (κ2) is 8.07. The van der Waals surface area contributed by atoms with Gasteiger partial charge in [-0.3, -0.25) is 9.59 Å². The molecule has 0 saturated heterocycles. The summed E-state index contributed by atoms with van der Waals surface area (Å²) in [6.07, 6.45) is 1.60. The Morgan fingerprint density at radius 2 is 2.00 bits per heavy atom. The average Bonchev–Trinajstić information content (AvgIpc) is 2.51. The second-order valence-corrected chi connectivity index (χ2v) is 7.67. The maximum absolute atomic E-state index is 12.3. The van der Waals surface area contributed by atoms with Gasteiger partial charge in [-0.05, 0) is 38.5 Å². The fourth-order valence-corrected chi connectivity index (χ4v) is 2.96. The number of aliphatic carboxylic acids is 1. The SMILES string of the molecule is C=CCNS(=O)(=O)c1cccc(C(=O)NC(C)(C)CCC(=O)O)c1. The zero-order valence-corrected chi connectivity index (χ0v) is 14.5. The number of rotatable bonds is 9. The molecular formula is C16H22N2O5S. The molecule has 1 aromatic carbocycles. The fourth-order valence-electron chi connectivity index (χ4n) is 1.92. The molecule has 1 amide bonds. The van der Waals surface area contributed by atoms with Crippen LogP contribution in [0.1, 0.15) is 37.0 Å². The zero-order valence-electron chi connectivity index (χ0n) is 13.7. The summed E-state index contributed by atoms with van der Waals surface area (Å²) in [5.41, 5.74) is -0.550. The smallest absolute Gasteiger partial charge is 0.303 e. The van der Waals surface area contributed by atoms with Crippen molar-refractivity contribution in [1.82, 2.24) is 10.0 Å². The molecule has 3 N–H and O–H groups in total. The summed E-state index contributed by atoms with van der Waals surface area (Å²) in [5.74, 6) is -1.41. The first-order valence-corrected chi connectivity index (χ1v) is 8.81. The summed E-state index contributed by atoms with van der Waals surface area (Å²) < 4.78 is 26.5. The van der Waals surface area contributed by atoms with E-state index in [2.05, 4.69) is 16.6 Å². The molecule has 0 unspecified atom stereocenters. The van der Waals surface area contributed by atoms with Crippen LogP contribution in [-0.2, 0) is 14.8 Å². The van der Waals surface area contributed by atoms with Crippen LogP contribution in [0.5, 0.6) is 0 Å². The lowest BCUT2D eigenvalue weighted by Gasteiger charge is -2.25. The number of nitrogens with one attached hydrogen (secondary N) is 2. The normalized spacial score (nSPS) is 11.8. The summed E-state index contributed by atoms with van der Waals surface area (Å²) in [6, 6.07) is 5.63. The van der Waals surface area contributed by atoms with E-state index in [-0.39, 0.29) is 29.8 Å². The Hall–Kier alpha value is -2.19. The minimum absolute atomic E-state index is 0.0275. The van der Waals surface area contributed by atoms with E-state index in [9.17, 15) is 18.0 Å². The molecule has 0 heterocycles. The van der Waals surface area contributed by atoms with Crippen molar-refractivity contribution in [2.45, 2.75) is 37.1 Å². The minimum Gasteiger partial charge on any atom is -0.481 e. The van der Waals surface area contributed by atoms with Crippen molar-refractivity contribution in [2.75, 3.05) is 6.54 Å². The number of carboxylic acid groups (broad SMARTS) is 1. The number of hydrogen-bond acceptors (Lipinski definition) is 4. The van der Waals surface area contributed by atoms with Crippen LogP contribution in [-0.4, -0.2) is 37.5 Å². The molecule has 1 rings (SSSR count). The van der Waals surface area contributed by atoms with Crippen LogP contribution in [0, 0.1) is 0 Å². The van der Waals surface area contributed by atoms with Gasteiger partial charge in [0.25, 0.3) is 5.91 Å². The Labute approximate surface area is 141 Å². The minimum atomic E-state index is -3.72. The topological polar surface area (TPSA) is 113 Å². The van der Waals surface area contributed by atoms with Gasteiger partial charge in [0.15, 0.2) is 0 Å². The van der Waals surface area contributed by atoms with E-state index >= 15 is 0 Å². The molecule has 0 aliphatic rings. The molecule has 7 nitrogen and oxygen atoms in total. The highest BCUT2D eigenvalue weighted by Gasteiger charge is 2.23. The largest absolute Gasteiger partial charge is 0.481 e. The monoisotopic (exact) mass is 354 g/mol. The molecule has 0 atom stereocenters. The molecule has 8 heteroatoms. The first-order valence-electron chi connectivity index (χ1n) is 7.32. The predicted octanol–water partition coefficient (Wildman–Crippen LogP) is 1.52. The highest BCUT2D eigenvalue weighted by atomic mass is 32.2. The quantitative estimate of drug-likeness (QED) is 0.582. The van der Waals surface area contributed by atoms with Gasteiger partial charge >= 0.3 is 5.97 Å². The van der Waals surface area contributed by atoms with Crippen molar-refractivity contribution in [3.63, 3.8) is 0 Å². The van der Waals surface area contributed by atoms with Crippen molar-refractivity contribution in [2.24, 2.45) is 0 Å². The van der Waals surface area contributed by atoms with Gasteiger partial charge in [-0.15, -0.1) is 6.58 Å². The number of carboxylic acids is 1. The summed E-state index contributed by atoms with van der Waals surface area (Å²) in [5, 5.41) is 11.4. The van der Waals surface area contributed by atoms with Crippen LogP contribution in [0.25, 0.3) is 0 Å². The molecule has 0 spiro atoms. The van der Waals surface area contributed by atoms with Crippen molar-refractivity contribution in [3.05, 3.63) is 42.5 Å². The summed E-state index contributed by atoms with van der Waals surface area (Å²) in [7, 11) is -3.72. The van der Waals surface area contributed by atoms with E-state index in [1.54, 1.807) is 13.8 Å². The van der Waals surface area contributed by atoms with Crippen LogP contribution < -0.4 is 10.0 Å². The molecule has 1 aromatic rings. The average molecular weight is 354 g/mol. The van der Waals surface area contributed by atoms with Crippen molar-refractivity contribution >= 4 is 21.9 Å². The first-order chi connectivity index (χ1) is 11.1. The standard InChI is InChI=1S/C16H22N2O5S/c1-4-10-17-24(22,23)13-7-5-6-12(11-13)15(21)18-16(2,3)9-8-14(19)20/h4-7,11,17H,1,8-10H2,2-3H3,(H,18,21)(H,19,20). The Bertz CT molecular complexity index is 726. The first kappa shape index (κ1) is 19.9. The fraction of sp³-hybridized carbons (Fsp3) is 0.375. The number of carbonyl (C=O) groups is 2. The molecule has 132 valence electrons. The highest BCUT2D eigenvalue weighted by molar-refractivity contribution is 7.89. The van der Waals surface area contributed by atoms with E-state index in [0.29, 0.717) is 0 Å². The second-order valence-electron chi connectivity index (χ2n) is 5.90. The van der Waals surface area contributed by atoms with Crippen molar-refractivity contribution in [1.29, 1.82) is 0 Å². The van der Waals surface area contributed by atoms with E-state index in [1.165, 1.54) is 30.3 Å². The maximum Gasteiger partial charge on any atom is 0.303 e. The highest BCUT2D eigenvalue weighted by Crippen LogP contribution is 2.15. The van der Waals surface area contributed by atoms with E-state index in [4.69, 9.17) is 5.11 Å². The lowest BCUT2D eigenvalue weighted by atomic mass is 9.98. The van der Waals surface area contributed by atoms with Gasteiger partial charge in [0, 0.05) is 24.1 Å². The lowest BCUT2D eigenvalue weighted by Crippen LogP contribution is -2.43. The summed E-state index contributed by atoms with van der Waals surface area (Å²) >= 11 is 0. The third-order valence-electron chi connectivity index (χ3n) is 3.24. The van der Waals surface area contributed by atoms with Gasteiger partial charge in [-0.25, -0.2) is 13.1 Å². The van der Waals surface area contributed by atoms with E-state index in [1.807, 2.05) is 0 Å². The van der Waals surface area contributed by atoms with Gasteiger partial charge in [0.2, 0.25) is 10.0 Å². The van der Waals surface area contributed by atoms with Gasteiger partial charge in [-0.1, -0.05) is 12.1 Å². The Morgan fingerprint density at radius 1 is 1.33 bits per heavy atom.